The summed E-state index contributed by atoms with van der Waals surface area (Å²) in [7, 11) is 1.47. The molecule has 6 rings (SSSR count). The lowest BCUT2D eigenvalue weighted by molar-refractivity contribution is -0.153. The Morgan fingerprint density at radius 1 is 0.868 bits per heavy atom. The van der Waals surface area contributed by atoms with E-state index in [4.69, 9.17) is 31.7 Å². The summed E-state index contributed by atoms with van der Waals surface area (Å²) in [5.41, 5.74) is 3.02. The van der Waals surface area contributed by atoms with Gasteiger partial charge in [-0.3, -0.25) is 9.80 Å². The SMILES string of the molecule is COCCOC(=O)N1CCN(Cc2cc(F)c(Oc3ccc(Cl)cc3)c(F)c2)[C@@H](C(=O)ON)C1.c1ccc(C(c2ccccc2)N2CCNCC2)cc1. The highest BCUT2D eigenvalue weighted by Crippen LogP contribution is 2.31. The van der Waals surface area contributed by atoms with Crippen molar-refractivity contribution < 1.29 is 37.4 Å². The summed E-state index contributed by atoms with van der Waals surface area (Å²) in [6.45, 7) is 5.04. The molecule has 14 heteroatoms. The van der Waals surface area contributed by atoms with Crippen molar-refractivity contribution >= 4 is 23.7 Å². The topological polar surface area (TPSA) is 119 Å². The Hall–Kier alpha value is -4.63. The van der Waals surface area contributed by atoms with Gasteiger partial charge in [-0.25, -0.2) is 18.4 Å². The smallest absolute Gasteiger partial charge is 0.409 e. The van der Waals surface area contributed by atoms with Crippen molar-refractivity contribution in [3.63, 3.8) is 0 Å². The number of rotatable bonds is 11. The average molecular weight is 752 g/mol. The Labute approximate surface area is 313 Å². The lowest BCUT2D eigenvalue weighted by atomic mass is 9.96. The van der Waals surface area contributed by atoms with Gasteiger partial charge in [0, 0.05) is 57.9 Å². The van der Waals surface area contributed by atoms with E-state index in [9.17, 15) is 18.4 Å². The van der Waals surface area contributed by atoms with Gasteiger partial charge in [0.2, 0.25) is 0 Å². The Morgan fingerprint density at radius 3 is 2.04 bits per heavy atom. The van der Waals surface area contributed by atoms with E-state index in [2.05, 4.69) is 75.7 Å². The first-order valence-corrected chi connectivity index (χ1v) is 17.7. The minimum atomic E-state index is -0.954. The number of carbonyl (C=O) groups excluding carboxylic acids is 2. The first-order valence-electron chi connectivity index (χ1n) is 17.3. The lowest BCUT2D eigenvalue weighted by Gasteiger charge is -2.39. The maximum atomic E-state index is 14.7. The van der Waals surface area contributed by atoms with Crippen LogP contribution < -0.4 is 16.0 Å². The van der Waals surface area contributed by atoms with E-state index < -0.39 is 35.5 Å². The van der Waals surface area contributed by atoms with Crippen LogP contribution in [-0.4, -0.2) is 98.9 Å². The predicted octanol–water partition coefficient (Wildman–Crippen LogP) is 5.78. The van der Waals surface area contributed by atoms with E-state index in [1.807, 2.05) is 0 Å². The number of hydrogen-bond acceptors (Lipinski definition) is 10. The van der Waals surface area contributed by atoms with Gasteiger partial charge >= 0.3 is 12.1 Å². The fraction of sp³-hybridized carbons (Fsp3) is 0.333. The third kappa shape index (κ3) is 11.2. The zero-order valence-corrected chi connectivity index (χ0v) is 30.2. The molecule has 0 radical (unpaired) electrons. The second kappa shape index (κ2) is 20.0. The van der Waals surface area contributed by atoms with Gasteiger partial charge < -0.3 is 29.3 Å². The van der Waals surface area contributed by atoms with Gasteiger partial charge in [-0.2, -0.15) is 5.90 Å². The summed E-state index contributed by atoms with van der Waals surface area (Å²) in [6, 6.07) is 29.3. The van der Waals surface area contributed by atoms with E-state index >= 15 is 0 Å². The van der Waals surface area contributed by atoms with Gasteiger partial charge in [0.05, 0.1) is 19.2 Å². The maximum absolute atomic E-state index is 14.7. The number of piperazine rings is 2. The number of ether oxygens (including phenoxy) is 3. The zero-order valence-electron chi connectivity index (χ0n) is 29.5. The van der Waals surface area contributed by atoms with Crippen LogP contribution in [0, 0.1) is 11.6 Å². The van der Waals surface area contributed by atoms with Gasteiger partial charge in [-0.1, -0.05) is 72.3 Å². The summed E-state index contributed by atoms with van der Waals surface area (Å²) in [5, 5.41) is 3.89. The second-order valence-corrected chi connectivity index (χ2v) is 12.9. The molecule has 2 fully saturated rings. The minimum Gasteiger partial charge on any atom is -0.451 e. The highest BCUT2D eigenvalue weighted by atomic mass is 35.5. The highest BCUT2D eigenvalue weighted by Gasteiger charge is 2.36. The lowest BCUT2D eigenvalue weighted by Crippen LogP contribution is -2.58. The van der Waals surface area contributed by atoms with Crippen LogP contribution in [0.2, 0.25) is 5.02 Å². The Bertz CT molecular complexity index is 1690. The molecular weight excluding hydrogens is 708 g/mol. The monoisotopic (exact) mass is 751 g/mol. The Balaban J connectivity index is 0.000000239. The van der Waals surface area contributed by atoms with Crippen molar-refractivity contribution in [1.29, 1.82) is 0 Å². The summed E-state index contributed by atoms with van der Waals surface area (Å²) in [4.78, 5) is 34.3. The standard InChI is InChI=1S/C22H24ClF2N3O6.C17H20N2/c1-31-8-9-32-22(30)28-7-6-27(19(13-28)21(29)34-26)12-14-10-17(24)20(18(25)11-14)33-16-4-2-15(23)3-5-16;1-3-7-15(8-4-1)17(16-9-5-2-6-10-16)19-13-11-18-12-14-19/h2-5,10-11,19H,6-9,12-13,26H2,1H3;1-10,17-18H,11-14H2/t19-;/m1./s1. The fourth-order valence-electron chi connectivity index (χ4n) is 6.26. The van der Waals surface area contributed by atoms with E-state index in [-0.39, 0.29) is 50.7 Å². The number of amides is 1. The van der Waals surface area contributed by atoms with Gasteiger partial charge in [0.15, 0.2) is 17.4 Å². The van der Waals surface area contributed by atoms with E-state index in [1.54, 1.807) is 4.90 Å². The van der Waals surface area contributed by atoms with Crippen molar-refractivity contribution in [3.05, 3.63) is 130 Å². The molecule has 4 aromatic rings. The maximum Gasteiger partial charge on any atom is 0.409 e. The van der Waals surface area contributed by atoms with Crippen LogP contribution in [0.3, 0.4) is 0 Å². The van der Waals surface area contributed by atoms with Crippen molar-refractivity contribution in [2.24, 2.45) is 5.90 Å². The molecule has 282 valence electrons. The van der Waals surface area contributed by atoms with Crippen molar-refractivity contribution in [2.45, 2.75) is 18.6 Å². The number of carbonyl (C=O) groups is 2. The molecule has 53 heavy (non-hydrogen) atoms. The van der Waals surface area contributed by atoms with E-state index in [0.717, 1.165) is 38.3 Å². The van der Waals surface area contributed by atoms with Crippen LogP contribution in [0.15, 0.2) is 97.1 Å². The molecule has 0 aliphatic carbocycles. The number of benzene rings is 4. The molecule has 2 heterocycles. The molecule has 3 N–H and O–H groups in total. The molecule has 0 bridgehead atoms. The summed E-state index contributed by atoms with van der Waals surface area (Å²) >= 11 is 5.81. The molecule has 11 nitrogen and oxygen atoms in total. The minimum absolute atomic E-state index is 0.00138. The van der Waals surface area contributed by atoms with E-state index in [0.29, 0.717) is 11.1 Å². The highest BCUT2D eigenvalue weighted by molar-refractivity contribution is 6.30. The molecule has 4 aromatic carbocycles. The zero-order chi connectivity index (χ0) is 37.6. The van der Waals surface area contributed by atoms with Gasteiger partial charge in [-0.05, 0) is 53.1 Å². The van der Waals surface area contributed by atoms with Crippen LogP contribution in [0.25, 0.3) is 0 Å². The van der Waals surface area contributed by atoms with Crippen molar-refractivity contribution in [2.75, 3.05) is 66.1 Å². The normalized spacial score (nSPS) is 16.4. The average Bonchev–Trinajstić information content (AvgIpc) is 3.18. The molecule has 1 amide bonds. The second-order valence-electron chi connectivity index (χ2n) is 12.4. The molecule has 2 aliphatic heterocycles. The van der Waals surface area contributed by atoms with Crippen molar-refractivity contribution in [1.82, 2.24) is 20.0 Å². The van der Waals surface area contributed by atoms with Crippen LogP contribution >= 0.6 is 11.6 Å². The van der Waals surface area contributed by atoms with Crippen LogP contribution in [0.1, 0.15) is 22.7 Å². The number of nitrogens with one attached hydrogen (secondary N) is 1. The van der Waals surface area contributed by atoms with Crippen molar-refractivity contribution in [3.8, 4) is 11.5 Å². The molecule has 2 saturated heterocycles. The fourth-order valence-corrected chi connectivity index (χ4v) is 6.39. The number of nitrogens with zero attached hydrogens (tertiary/aromatic N) is 3. The molecule has 0 unspecified atom stereocenters. The molecule has 0 spiro atoms. The largest absolute Gasteiger partial charge is 0.451 e. The molecule has 1 atom stereocenters. The third-order valence-electron chi connectivity index (χ3n) is 8.88. The van der Waals surface area contributed by atoms with E-state index in [1.165, 1.54) is 47.4 Å². The van der Waals surface area contributed by atoms with Gasteiger partial charge in [0.25, 0.3) is 0 Å². The predicted molar refractivity (Wildman–Crippen MR) is 196 cm³/mol. The van der Waals surface area contributed by atoms with Crippen LogP contribution in [0.5, 0.6) is 11.5 Å². The number of halogens is 3. The van der Waals surface area contributed by atoms with Crippen LogP contribution in [-0.2, 0) is 25.7 Å². The Morgan fingerprint density at radius 2 is 1.47 bits per heavy atom. The number of nitrogens with two attached hydrogens (primary N) is 1. The molecule has 0 saturated carbocycles. The first-order chi connectivity index (χ1) is 25.8. The molecule has 0 aromatic heterocycles. The first kappa shape index (κ1) is 39.6. The number of methoxy groups -OCH3 is 1. The Kier molecular flexibility index (Phi) is 14.9. The quantitative estimate of drug-likeness (QED) is 0.144. The summed E-state index contributed by atoms with van der Waals surface area (Å²) in [6.07, 6.45) is -0.618. The van der Waals surface area contributed by atoms with Gasteiger partial charge in [-0.15, -0.1) is 0 Å². The summed E-state index contributed by atoms with van der Waals surface area (Å²) in [5.74, 6) is 2.09. The number of hydrogen-bond donors (Lipinski definition) is 2. The molecular formula is C39H44ClF2N5O6. The molecule has 2 aliphatic rings. The summed E-state index contributed by atoms with van der Waals surface area (Å²) < 4.78 is 44.6. The van der Waals surface area contributed by atoms with Crippen LogP contribution in [0.4, 0.5) is 13.6 Å². The third-order valence-corrected chi connectivity index (χ3v) is 9.13. The van der Waals surface area contributed by atoms with Gasteiger partial charge in [0.1, 0.15) is 18.4 Å².